The van der Waals surface area contributed by atoms with E-state index in [9.17, 15) is 23.1 Å². The molecule has 0 aliphatic carbocycles. The number of hydrogen-bond acceptors (Lipinski definition) is 6. The van der Waals surface area contributed by atoms with Crippen LogP contribution in [0.15, 0.2) is 35.3 Å². The predicted octanol–water partition coefficient (Wildman–Crippen LogP) is 0.208. The quantitative estimate of drug-likeness (QED) is 0.717. The summed E-state index contributed by atoms with van der Waals surface area (Å²) in [5.41, 5.74) is 0.792. The Labute approximate surface area is 150 Å². The van der Waals surface area contributed by atoms with Crippen molar-refractivity contribution in [3.8, 4) is 0 Å². The Morgan fingerprint density at radius 3 is 2.60 bits per heavy atom. The highest BCUT2D eigenvalue weighted by atomic mass is 32.2. The van der Waals surface area contributed by atoms with Crippen molar-refractivity contribution in [2.24, 2.45) is 4.99 Å². The molecule has 1 amide bonds. The summed E-state index contributed by atoms with van der Waals surface area (Å²) in [5, 5.41) is 10.8. The average Bonchev–Trinajstić information content (AvgIpc) is 2.98. The molecule has 2 aliphatic heterocycles. The van der Waals surface area contributed by atoms with Crippen LogP contribution < -0.4 is 10.0 Å². The third kappa shape index (κ3) is 4.21. The van der Waals surface area contributed by atoms with Gasteiger partial charge in [-0.25, -0.2) is 8.42 Å². The van der Waals surface area contributed by atoms with Crippen LogP contribution in [-0.4, -0.2) is 48.3 Å². The van der Waals surface area contributed by atoms with Crippen molar-refractivity contribution in [3.05, 3.63) is 30.3 Å². The van der Waals surface area contributed by atoms with E-state index < -0.39 is 21.7 Å². The van der Waals surface area contributed by atoms with E-state index in [4.69, 9.17) is 0 Å². The molecule has 2 atom stereocenters. The summed E-state index contributed by atoms with van der Waals surface area (Å²) in [4.78, 5) is 28.4. The standard InChI is InChI=1S/C16H18N2O5S2/c19-14(7-4-8-15(20)21)17-16-18(11-5-2-1-3-6-11)12-9-25(22,23)10-13(12)24-16/h1-3,5-6,12-13H,4,7-10H2,(H,20,21)/p-1/t12-,13-/m1/s1. The van der Waals surface area contributed by atoms with Gasteiger partial charge in [0.15, 0.2) is 15.0 Å². The fourth-order valence-electron chi connectivity index (χ4n) is 3.00. The Hall–Kier alpha value is -1.87. The van der Waals surface area contributed by atoms with Gasteiger partial charge >= 0.3 is 0 Å². The summed E-state index contributed by atoms with van der Waals surface area (Å²) in [6.07, 6.45) is 0.0130. The third-order valence-electron chi connectivity index (χ3n) is 4.09. The average molecular weight is 381 g/mol. The maximum atomic E-state index is 12.0. The van der Waals surface area contributed by atoms with Gasteiger partial charge in [0.05, 0.1) is 17.5 Å². The fraction of sp³-hybridized carbons (Fsp3) is 0.438. The molecule has 3 rings (SSSR count). The first-order valence-corrected chi connectivity index (χ1v) is 10.6. The number of carboxylic acid groups (broad SMARTS) is 1. The molecule has 134 valence electrons. The number of amides is 1. The largest absolute Gasteiger partial charge is 0.550 e. The highest BCUT2D eigenvalue weighted by Crippen LogP contribution is 2.40. The number of benzene rings is 1. The molecular weight excluding hydrogens is 364 g/mol. The van der Waals surface area contributed by atoms with Gasteiger partial charge in [0, 0.05) is 23.3 Å². The van der Waals surface area contributed by atoms with Gasteiger partial charge in [0.2, 0.25) is 5.91 Å². The second-order valence-corrected chi connectivity index (χ2v) is 9.38. The molecule has 2 aliphatic rings. The minimum absolute atomic E-state index is 0.0221. The zero-order chi connectivity index (χ0) is 18.0. The molecule has 2 fully saturated rings. The van der Waals surface area contributed by atoms with Crippen LogP contribution in [-0.2, 0) is 19.4 Å². The van der Waals surface area contributed by atoms with Crippen LogP contribution in [0, 0.1) is 0 Å². The molecule has 7 nitrogen and oxygen atoms in total. The maximum absolute atomic E-state index is 12.0. The van der Waals surface area contributed by atoms with Crippen LogP contribution in [0.2, 0.25) is 0 Å². The highest BCUT2D eigenvalue weighted by Gasteiger charge is 2.49. The molecule has 2 heterocycles. The first-order chi connectivity index (χ1) is 11.9. The smallest absolute Gasteiger partial charge is 0.248 e. The van der Waals surface area contributed by atoms with Crippen LogP contribution in [0.4, 0.5) is 5.69 Å². The van der Waals surface area contributed by atoms with E-state index in [2.05, 4.69) is 4.99 Å². The number of rotatable bonds is 5. The number of amidine groups is 1. The van der Waals surface area contributed by atoms with Gasteiger partial charge in [0.25, 0.3) is 0 Å². The first kappa shape index (κ1) is 17.9. The van der Waals surface area contributed by atoms with Crippen molar-refractivity contribution in [2.45, 2.75) is 30.6 Å². The lowest BCUT2D eigenvalue weighted by Crippen LogP contribution is -2.37. The number of aliphatic carboxylic acids is 1. The molecule has 1 aromatic rings. The van der Waals surface area contributed by atoms with Gasteiger partial charge in [-0.3, -0.25) is 4.79 Å². The van der Waals surface area contributed by atoms with Crippen LogP contribution in [0.1, 0.15) is 19.3 Å². The number of fused-ring (bicyclic) bond motifs is 1. The van der Waals surface area contributed by atoms with E-state index in [1.54, 1.807) is 0 Å². The van der Waals surface area contributed by atoms with Gasteiger partial charge in [-0.2, -0.15) is 4.99 Å². The number of carbonyl (C=O) groups is 2. The van der Waals surface area contributed by atoms with Crippen LogP contribution >= 0.6 is 11.8 Å². The molecule has 0 spiro atoms. The molecule has 25 heavy (non-hydrogen) atoms. The van der Waals surface area contributed by atoms with Crippen molar-refractivity contribution < 1.29 is 23.1 Å². The summed E-state index contributed by atoms with van der Waals surface area (Å²) in [5.74, 6) is -1.49. The van der Waals surface area contributed by atoms with Crippen LogP contribution in [0.25, 0.3) is 0 Å². The van der Waals surface area contributed by atoms with E-state index in [0.717, 1.165) is 5.69 Å². The number of hydrogen-bond donors (Lipinski definition) is 0. The fourth-order valence-corrected chi connectivity index (χ4v) is 6.93. The number of anilines is 1. The number of carboxylic acids is 1. The van der Waals surface area contributed by atoms with Crippen molar-refractivity contribution in [2.75, 3.05) is 16.4 Å². The van der Waals surface area contributed by atoms with E-state index in [1.165, 1.54) is 11.8 Å². The Morgan fingerprint density at radius 2 is 1.92 bits per heavy atom. The van der Waals surface area contributed by atoms with Crippen molar-refractivity contribution in [1.82, 2.24) is 0 Å². The van der Waals surface area contributed by atoms with Gasteiger partial charge in [0.1, 0.15) is 0 Å². The number of para-hydroxylation sites is 1. The molecule has 0 N–H and O–H groups in total. The van der Waals surface area contributed by atoms with E-state index in [-0.39, 0.29) is 42.1 Å². The maximum Gasteiger partial charge on any atom is 0.248 e. The molecule has 2 saturated heterocycles. The summed E-state index contributed by atoms with van der Waals surface area (Å²) < 4.78 is 23.9. The Bertz CT molecular complexity index is 807. The summed E-state index contributed by atoms with van der Waals surface area (Å²) in [6.45, 7) is 0. The van der Waals surface area contributed by atoms with Crippen LogP contribution in [0.5, 0.6) is 0 Å². The SMILES string of the molecule is O=C([O-])CCCC(=O)N=C1S[C@@H]2CS(=O)(=O)C[C@H]2N1c1ccccc1. The molecule has 9 heteroatoms. The normalized spacial score (nSPS) is 25.9. The lowest BCUT2D eigenvalue weighted by molar-refractivity contribution is -0.305. The second-order valence-electron chi connectivity index (χ2n) is 6.02. The van der Waals surface area contributed by atoms with Crippen LogP contribution in [0.3, 0.4) is 0 Å². The first-order valence-electron chi connectivity index (χ1n) is 7.88. The van der Waals surface area contributed by atoms with E-state index in [0.29, 0.717) is 5.17 Å². The minimum atomic E-state index is -3.10. The zero-order valence-corrected chi connectivity index (χ0v) is 15.0. The van der Waals surface area contributed by atoms with Crippen molar-refractivity contribution in [3.63, 3.8) is 0 Å². The molecule has 0 saturated carbocycles. The zero-order valence-electron chi connectivity index (χ0n) is 13.3. The summed E-state index contributed by atoms with van der Waals surface area (Å²) >= 11 is 1.30. The predicted molar refractivity (Wildman–Crippen MR) is 94.0 cm³/mol. The third-order valence-corrected chi connectivity index (χ3v) is 7.30. The second kappa shape index (κ2) is 7.17. The highest BCUT2D eigenvalue weighted by molar-refractivity contribution is 8.16. The minimum Gasteiger partial charge on any atom is -0.550 e. The summed E-state index contributed by atoms with van der Waals surface area (Å²) in [6, 6.07) is 9.00. The Kier molecular flexibility index (Phi) is 5.14. The number of thioether (sulfide) groups is 1. The monoisotopic (exact) mass is 381 g/mol. The number of sulfone groups is 1. The molecule has 1 aromatic carbocycles. The molecular formula is C16H17N2O5S2-. The van der Waals surface area contributed by atoms with Gasteiger partial charge < -0.3 is 14.8 Å². The lowest BCUT2D eigenvalue weighted by Gasteiger charge is -2.24. The molecule has 0 aromatic heterocycles. The Balaban J connectivity index is 1.82. The molecule has 0 unspecified atom stereocenters. The van der Waals surface area contributed by atoms with Gasteiger partial charge in [-0.1, -0.05) is 30.0 Å². The summed E-state index contributed by atoms with van der Waals surface area (Å²) in [7, 11) is -3.10. The number of nitrogens with zero attached hydrogens (tertiary/aromatic N) is 2. The van der Waals surface area contributed by atoms with Crippen molar-refractivity contribution in [1.29, 1.82) is 0 Å². The molecule has 0 radical (unpaired) electrons. The van der Waals surface area contributed by atoms with E-state index in [1.807, 2.05) is 35.2 Å². The van der Waals surface area contributed by atoms with Gasteiger partial charge in [-0.05, 0) is 25.0 Å². The topological polar surface area (TPSA) is 107 Å². The number of carbonyl (C=O) groups excluding carboxylic acids is 2. The molecule has 0 bridgehead atoms. The number of aliphatic imine (C=N–C) groups is 1. The lowest BCUT2D eigenvalue weighted by atomic mass is 10.2. The van der Waals surface area contributed by atoms with Crippen molar-refractivity contribution >= 4 is 44.3 Å². The Morgan fingerprint density at radius 1 is 1.20 bits per heavy atom. The van der Waals surface area contributed by atoms with E-state index >= 15 is 0 Å². The van der Waals surface area contributed by atoms with Gasteiger partial charge in [-0.15, -0.1) is 0 Å².